The Kier molecular flexibility index (Phi) is 4.53. The average molecular weight is 275 g/mol. The number of nitrogens with one attached hydrogen (secondary N) is 1. The summed E-state index contributed by atoms with van der Waals surface area (Å²) in [6, 6.07) is 6.24. The molecule has 1 aliphatic carbocycles. The molecule has 0 spiro atoms. The van der Waals surface area contributed by atoms with Crippen LogP contribution in [0.2, 0.25) is 0 Å². The number of hydrogen-bond acceptors (Lipinski definition) is 5. The maximum absolute atomic E-state index is 10.7. The zero-order chi connectivity index (χ0) is 14.5. The van der Waals surface area contributed by atoms with E-state index >= 15 is 0 Å². The lowest BCUT2D eigenvalue weighted by Gasteiger charge is -2.28. The van der Waals surface area contributed by atoms with Crippen LogP contribution in [0.15, 0.2) is 18.2 Å². The Labute approximate surface area is 117 Å². The van der Waals surface area contributed by atoms with E-state index in [-0.39, 0.29) is 23.3 Å². The van der Waals surface area contributed by atoms with Crippen molar-refractivity contribution in [3.05, 3.63) is 33.9 Å². The maximum Gasteiger partial charge on any atom is 0.287 e. The summed E-state index contributed by atoms with van der Waals surface area (Å²) in [4.78, 5) is 10.2. The third-order valence-corrected chi connectivity index (χ3v) is 3.75. The number of benzene rings is 1. The fourth-order valence-electron chi connectivity index (χ4n) is 2.57. The van der Waals surface area contributed by atoms with Gasteiger partial charge in [-0.05, 0) is 25.0 Å². The molecule has 6 heteroatoms. The summed E-state index contributed by atoms with van der Waals surface area (Å²) in [5.41, 5.74) is 0.532. The van der Waals surface area contributed by atoms with Crippen LogP contribution in [0.5, 0.6) is 0 Å². The smallest absolute Gasteiger partial charge is 0.287 e. The van der Waals surface area contributed by atoms with Crippen molar-refractivity contribution in [2.45, 2.75) is 31.8 Å². The van der Waals surface area contributed by atoms with Gasteiger partial charge >= 0.3 is 0 Å². The lowest BCUT2D eigenvalue weighted by molar-refractivity contribution is -0.385. The minimum absolute atomic E-state index is 0.0455. The van der Waals surface area contributed by atoms with E-state index in [1.807, 2.05) is 6.07 Å². The van der Waals surface area contributed by atoms with Crippen molar-refractivity contribution in [3.63, 3.8) is 0 Å². The van der Waals surface area contributed by atoms with Gasteiger partial charge in [-0.2, -0.15) is 5.26 Å². The Balaban J connectivity index is 2.03. The van der Waals surface area contributed by atoms with Crippen molar-refractivity contribution < 1.29 is 10.0 Å². The number of hydrogen-bond donors (Lipinski definition) is 2. The lowest BCUT2D eigenvalue weighted by atomic mass is 9.86. The summed E-state index contributed by atoms with van der Waals surface area (Å²) >= 11 is 0. The van der Waals surface area contributed by atoms with E-state index in [4.69, 9.17) is 5.26 Å². The molecule has 6 nitrogen and oxygen atoms in total. The second-order valence-electron chi connectivity index (χ2n) is 5.09. The average Bonchev–Trinajstić information content (AvgIpc) is 2.46. The van der Waals surface area contributed by atoms with Crippen LogP contribution >= 0.6 is 0 Å². The van der Waals surface area contributed by atoms with Crippen LogP contribution < -0.4 is 5.32 Å². The highest BCUT2D eigenvalue weighted by atomic mass is 16.6. The summed E-state index contributed by atoms with van der Waals surface area (Å²) < 4.78 is 0. The molecule has 0 saturated heterocycles. The normalized spacial score (nSPS) is 22.0. The van der Waals surface area contributed by atoms with Crippen LogP contribution in [0.25, 0.3) is 0 Å². The molecule has 20 heavy (non-hydrogen) atoms. The van der Waals surface area contributed by atoms with Gasteiger partial charge in [0.1, 0.15) is 11.6 Å². The molecule has 0 radical (unpaired) electrons. The number of aliphatic hydroxyl groups is 1. The summed E-state index contributed by atoms with van der Waals surface area (Å²) in [7, 11) is 0. The van der Waals surface area contributed by atoms with Crippen LogP contribution in [0.1, 0.15) is 31.2 Å². The predicted octanol–water partition coefficient (Wildman–Crippen LogP) is 2.43. The molecule has 106 valence electrons. The van der Waals surface area contributed by atoms with Gasteiger partial charge in [-0.1, -0.05) is 12.8 Å². The number of anilines is 1. The first-order valence-corrected chi connectivity index (χ1v) is 6.72. The largest absolute Gasteiger partial charge is 0.393 e. The zero-order valence-electron chi connectivity index (χ0n) is 11.1. The van der Waals surface area contributed by atoms with Gasteiger partial charge in [0.15, 0.2) is 0 Å². The molecule has 2 N–H and O–H groups in total. The number of nitriles is 1. The topological polar surface area (TPSA) is 99.2 Å². The molecular weight excluding hydrogens is 258 g/mol. The molecule has 0 bridgehead atoms. The number of aliphatic hydroxyl groups excluding tert-OH is 1. The molecule has 0 aliphatic heterocycles. The van der Waals surface area contributed by atoms with Gasteiger partial charge in [0.05, 0.1) is 11.0 Å². The molecule has 1 aromatic rings. The minimum atomic E-state index is -0.562. The van der Waals surface area contributed by atoms with Crippen LogP contribution in [0, 0.1) is 27.4 Å². The monoisotopic (exact) mass is 275 g/mol. The Morgan fingerprint density at radius 2 is 2.20 bits per heavy atom. The van der Waals surface area contributed by atoms with Crippen molar-refractivity contribution in [1.82, 2.24) is 0 Å². The molecule has 0 heterocycles. The van der Waals surface area contributed by atoms with Gasteiger partial charge in [0, 0.05) is 24.2 Å². The standard InChI is InChI=1S/C14H17N3O3/c15-8-11-7-12(5-6-13(11)17(19)20)16-9-10-3-1-2-4-14(10)18/h5-7,10,14,16,18H,1-4,9H2. The van der Waals surface area contributed by atoms with E-state index in [9.17, 15) is 15.2 Å². The highest BCUT2D eigenvalue weighted by Crippen LogP contribution is 2.26. The van der Waals surface area contributed by atoms with Gasteiger partial charge < -0.3 is 10.4 Å². The molecule has 2 atom stereocenters. The summed E-state index contributed by atoms with van der Waals surface area (Å²) in [6.07, 6.45) is 3.70. The summed E-state index contributed by atoms with van der Waals surface area (Å²) in [5, 5.41) is 32.7. The van der Waals surface area contributed by atoms with Gasteiger partial charge in [-0.15, -0.1) is 0 Å². The van der Waals surface area contributed by atoms with Gasteiger partial charge in [-0.25, -0.2) is 0 Å². The van der Waals surface area contributed by atoms with E-state index in [0.29, 0.717) is 12.2 Å². The van der Waals surface area contributed by atoms with Crippen LogP contribution in [0.4, 0.5) is 11.4 Å². The van der Waals surface area contributed by atoms with Crippen LogP contribution in [-0.4, -0.2) is 22.7 Å². The molecule has 1 aromatic carbocycles. The summed E-state index contributed by atoms with van der Waals surface area (Å²) in [5.74, 6) is 0.199. The Bertz CT molecular complexity index is 539. The number of nitro groups is 1. The van der Waals surface area contributed by atoms with E-state index in [0.717, 1.165) is 25.7 Å². The third-order valence-electron chi connectivity index (χ3n) is 3.75. The van der Waals surface area contributed by atoms with Crippen LogP contribution in [0.3, 0.4) is 0 Å². The lowest BCUT2D eigenvalue weighted by Crippen LogP contribution is -2.30. The van der Waals surface area contributed by atoms with Crippen molar-refractivity contribution in [3.8, 4) is 6.07 Å². The molecular formula is C14H17N3O3. The second kappa shape index (κ2) is 6.35. The molecule has 0 aromatic heterocycles. The van der Waals surface area contributed by atoms with Gasteiger partial charge in [0.25, 0.3) is 5.69 Å². The first kappa shape index (κ1) is 14.3. The first-order chi connectivity index (χ1) is 9.61. The van der Waals surface area contributed by atoms with Gasteiger partial charge in [-0.3, -0.25) is 10.1 Å². The summed E-state index contributed by atoms with van der Waals surface area (Å²) in [6.45, 7) is 0.615. The third kappa shape index (κ3) is 3.25. The molecule has 1 saturated carbocycles. The van der Waals surface area contributed by atoms with Crippen molar-refractivity contribution in [1.29, 1.82) is 5.26 Å². The van der Waals surface area contributed by atoms with Crippen molar-refractivity contribution in [2.75, 3.05) is 11.9 Å². The number of nitrogens with zero attached hydrogens (tertiary/aromatic N) is 2. The van der Waals surface area contributed by atoms with E-state index < -0.39 is 4.92 Å². The van der Waals surface area contributed by atoms with Crippen LogP contribution in [-0.2, 0) is 0 Å². The molecule has 1 aliphatic rings. The minimum Gasteiger partial charge on any atom is -0.393 e. The van der Waals surface area contributed by atoms with Crippen molar-refractivity contribution >= 4 is 11.4 Å². The van der Waals surface area contributed by atoms with E-state index in [1.165, 1.54) is 12.1 Å². The van der Waals surface area contributed by atoms with E-state index in [1.54, 1.807) is 6.07 Å². The van der Waals surface area contributed by atoms with Gasteiger partial charge in [0.2, 0.25) is 0 Å². The van der Waals surface area contributed by atoms with E-state index in [2.05, 4.69) is 5.32 Å². The molecule has 0 amide bonds. The molecule has 2 rings (SSSR count). The second-order valence-corrected chi connectivity index (χ2v) is 5.09. The number of nitro benzene ring substituents is 1. The molecule has 2 unspecified atom stereocenters. The number of rotatable bonds is 4. The highest BCUT2D eigenvalue weighted by Gasteiger charge is 2.22. The quantitative estimate of drug-likeness (QED) is 0.649. The zero-order valence-corrected chi connectivity index (χ0v) is 11.1. The fourth-order valence-corrected chi connectivity index (χ4v) is 2.57. The maximum atomic E-state index is 10.7. The molecule has 1 fully saturated rings. The SMILES string of the molecule is N#Cc1cc(NCC2CCCCC2O)ccc1[N+](=O)[O-]. The Hall–Kier alpha value is -2.13. The predicted molar refractivity (Wildman–Crippen MR) is 74.3 cm³/mol. The Morgan fingerprint density at radius 1 is 1.45 bits per heavy atom. The Morgan fingerprint density at radius 3 is 2.85 bits per heavy atom. The fraction of sp³-hybridized carbons (Fsp3) is 0.500. The van der Waals surface area contributed by atoms with Crippen molar-refractivity contribution in [2.24, 2.45) is 5.92 Å². The highest BCUT2D eigenvalue weighted by molar-refractivity contribution is 5.58. The first-order valence-electron chi connectivity index (χ1n) is 6.72.